The molecule has 1 aliphatic carbocycles. The van der Waals surface area contributed by atoms with Gasteiger partial charge in [0, 0.05) is 44.5 Å². The fourth-order valence-electron chi connectivity index (χ4n) is 2.43. The van der Waals surface area contributed by atoms with Crippen molar-refractivity contribution < 1.29 is 4.74 Å². The van der Waals surface area contributed by atoms with E-state index < -0.39 is 0 Å². The highest BCUT2D eigenvalue weighted by molar-refractivity contribution is 14.0. The Labute approximate surface area is 166 Å². The summed E-state index contributed by atoms with van der Waals surface area (Å²) in [4.78, 5) is 4.27. The number of aromatic nitrogens is 2. The van der Waals surface area contributed by atoms with E-state index in [0.717, 1.165) is 35.4 Å². The lowest BCUT2D eigenvalue weighted by atomic mass is 10.2. The third-order valence-corrected chi connectivity index (χ3v) is 4.03. The van der Waals surface area contributed by atoms with Gasteiger partial charge < -0.3 is 15.4 Å². The van der Waals surface area contributed by atoms with Gasteiger partial charge in [-0.1, -0.05) is 18.2 Å². The normalized spacial score (nSPS) is 13.9. The first-order valence-corrected chi connectivity index (χ1v) is 8.37. The maximum Gasteiger partial charge on any atom is 0.191 e. The molecular weight excluding hydrogens is 429 g/mol. The zero-order valence-corrected chi connectivity index (χ0v) is 17.1. The standard InChI is InChI=1S/C18H25N5O.HI/c1-19-18(20-9-15-10-22-23(2)12-15)21-11-16-5-3-4-6-17(16)24-13-14-7-8-14;/h3-6,10,12,14H,7-9,11,13H2,1-2H3,(H2,19,20,21);1H. The van der Waals surface area contributed by atoms with Crippen LogP contribution in [0, 0.1) is 5.92 Å². The van der Waals surface area contributed by atoms with Gasteiger partial charge in [0.1, 0.15) is 5.75 Å². The SMILES string of the molecule is CN=C(NCc1cnn(C)c1)NCc1ccccc1OCC1CC1.I. The van der Waals surface area contributed by atoms with Crippen LogP contribution < -0.4 is 15.4 Å². The van der Waals surface area contributed by atoms with Crippen molar-refractivity contribution in [1.29, 1.82) is 0 Å². The van der Waals surface area contributed by atoms with Crippen molar-refractivity contribution in [3.63, 3.8) is 0 Å². The Balaban J connectivity index is 0.00000225. The number of rotatable bonds is 7. The highest BCUT2D eigenvalue weighted by Gasteiger charge is 2.22. The summed E-state index contributed by atoms with van der Waals surface area (Å²) in [5.74, 6) is 2.47. The number of halogens is 1. The Morgan fingerprint density at radius 3 is 2.72 bits per heavy atom. The van der Waals surface area contributed by atoms with Crippen LogP contribution in [0.3, 0.4) is 0 Å². The van der Waals surface area contributed by atoms with E-state index in [9.17, 15) is 0 Å². The number of ether oxygens (including phenoxy) is 1. The van der Waals surface area contributed by atoms with Gasteiger partial charge in [0.05, 0.1) is 12.8 Å². The molecule has 136 valence electrons. The first kappa shape index (κ1) is 19.6. The van der Waals surface area contributed by atoms with Crippen molar-refractivity contribution in [2.75, 3.05) is 13.7 Å². The Morgan fingerprint density at radius 1 is 1.28 bits per heavy atom. The molecule has 1 saturated carbocycles. The molecule has 0 unspecified atom stereocenters. The minimum atomic E-state index is 0. The lowest BCUT2D eigenvalue weighted by Gasteiger charge is -2.14. The molecule has 1 aromatic heterocycles. The van der Waals surface area contributed by atoms with Crippen LogP contribution in [0.15, 0.2) is 41.7 Å². The van der Waals surface area contributed by atoms with Gasteiger partial charge in [0.25, 0.3) is 0 Å². The van der Waals surface area contributed by atoms with E-state index in [-0.39, 0.29) is 24.0 Å². The highest BCUT2D eigenvalue weighted by atomic mass is 127. The molecule has 2 N–H and O–H groups in total. The average molecular weight is 455 g/mol. The molecule has 25 heavy (non-hydrogen) atoms. The summed E-state index contributed by atoms with van der Waals surface area (Å²) >= 11 is 0. The second-order valence-corrected chi connectivity index (χ2v) is 6.16. The maximum atomic E-state index is 5.95. The monoisotopic (exact) mass is 455 g/mol. The molecule has 0 atom stereocenters. The Morgan fingerprint density at radius 2 is 2.04 bits per heavy atom. The third kappa shape index (κ3) is 6.22. The first-order valence-electron chi connectivity index (χ1n) is 8.37. The fourth-order valence-corrected chi connectivity index (χ4v) is 2.43. The minimum Gasteiger partial charge on any atom is -0.493 e. The summed E-state index contributed by atoms with van der Waals surface area (Å²) in [7, 11) is 3.68. The van der Waals surface area contributed by atoms with Gasteiger partial charge >= 0.3 is 0 Å². The van der Waals surface area contributed by atoms with Crippen LogP contribution >= 0.6 is 24.0 Å². The fraction of sp³-hybridized carbons (Fsp3) is 0.444. The van der Waals surface area contributed by atoms with Crippen LogP contribution in [0.2, 0.25) is 0 Å². The molecule has 1 heterocycles. The van der Waals surface area contributed by atoms with Gasteiger partial charge in [-0.3, -0.25) is 9.67 Å². The van der Waals surface area contributed by atoms with Crippen LogP contribution in [0.5, 0.6) is 5.75 Å². The van der Waals surface area contributed by atoms with E-state index in [1.807, 2.05) is 37.6 Å². The van der Waals surface area contributed by atoms with E-state index in [1.54, 1.807) is 11.7 Å². The van der Waals surface area contributed by atoms with Crippen molar-refractivity contribution in [2.24, 2.45) is 18.0 Å². The van der Waals surface area contributed by atoms with Crippen LogP contribution in [0.4, 0.5) is 0 Å². The molecule has 0 radical (unpaired) electrons. The van der Waals surface area contributed by atoms with Crippen LogP contribution in [-0.2, 0) is 20.1 Å². The number of aryl methyl sites for hydroxylation is 1. The molecule has 6 nitrogen and oxygen atoms in total. The van der Waals surface area contributed by atoms with E-state index in [4.69, 9.17) is 4.74 Å². The predicted molar refractivity (Wildman–Crippen MR) is 110 cm³/mol. The van der Waals surface area contributed by atoms with E-state index in [0.29, 0.717) is 13.1 Å². The summed E-state index contributed by atoms with van der Waals surface area (Å²) < 4.78 is 7.74. The van der Waals surface area contributed by atoms with Gasteiger partial charge in [-0.2, -0.15) is 5.10 Å². The Bertz CT molecular complexity index is 696. The number of nitrogens with zero attached hydrogens (tertiary/aromatic N) is 3. The molecule has 1 aromatic carbocycles. The quantitative estimate of drug-likeness (QED) is 0.383. The number of benzene rings is 1. The maximum absolute atomic E-state index is 5.95. The third-order valence-electron chi connectivity index (χ3n) is 4.03. The van der Waals surface area contributed by atoms with Gasteiger partial charge in [0.2, 0.25) is 0 Å². The lowest BCUT2D eigenvalue weighted by Crippen LogP contribution is -2.36. The zero-order valence-electron chi connectivity index (χ0n) is 14.7. The van der Waals surface area contributed by atoms with Crippen molar-refractivity contribution in [3.8, 4) is 5.75 Å². The number of hydrogen-bond donors (Lipinski definition) is 2. The molecular formula is C18H26IN5O. The first-order chi connectivity index (χ1) is 11.7. The molecule has 0 bridgehead atoms. The van der Waals surface area contributed by atoms with Crippen LogP contribution in [-0.4, -0.2) is 29.4 Å². The van der Waals surface area contributed by atoms with Gasteiger partial charge in [-0.05, 0) is 24.8 Å². The summed E-state index contributed by atoms with van der Waals surface area (Å²) in [5.41, 5.74) is 2.26. The molecule has 0 spiro atoms. The molecule has 1 aliphatic rings. The summed E-state index contributed by atoms with van der Waals surface area (Å²) in [5, 5.41) is 10.8. The molecule has 0 amide bonds. The number of aliphatic imine (C=N–C) groups is 1. The van der Waals surface area contributed by atoms with Gasteiger partial charge in [-0.25, -0.2) is 0 Å². The Kier molecular flexibility index (Phi) is 7.54. The minimum absolute atomic E-state index is 0. The zero-order chi connectivity index (χ0) is 16.8. The van der Waals surface area contributed by atoms with Crippen LogP contribution in [0.1, 0.15) is 24.0 Å². The Hall–Kier alpha value is -1.77. The molecule has 3 rings (SSSR count). The average Bonchev–Trinajstić information content (AvgIpc) is 3.34. The van der Waals surface area contributed by atoms with Crippen molar-refractivity contribution >= 4 is 29.9 Å². The largest absolute Gasteiger partial charge is 0.493 e. The smallest absolute Gasteiger partial charge is 0.191 e. The second kappa shape index (κ2) is 9.65. The summed E-state index contributed by atoms with van der Waals surface area (Å²) in [6.45, 7) is 2.19. The topological polar surface area (TPSA) is 63.5 Å². The number of nitrogens with one attached hydrogen (secondary N) is 2. The number of para-hydroxylation sites is 1. The van der Waals surface area contributed by atoms with Crippen LogP contribution in [0.25, 0.3) is 0 Å². The number of hydrogen-bond acceptors (Lipinski definition) is 3. The van der Waals surface area contributed by atoms with Crippen molar-refractivity contribution in [2.45, 2.75) is 25.9 Å². The molecule has 0 saturated heterocycles. The van der Waals surface area contributed by atoms with E-state index in [2.05, 4.69) is 26.8 Å². The van der Waals surface area contributed by atoms with Crippen molar-refractivity contribution in [1.82, 2.24) is 20.4 Å². The summed E-state index contributed by atoms with van der Waals surface area (Å²) in [6.07, 6.45) is 6.43. The molecule has 2 aromatic rings. The number of guanidine groups is 1. The predicted octanol–water partition coefficient (Wildman–Crippen LogP) is 2.69. The van der Waals surface area contributed by atoms with E-state index in [1.165, 1.54) is 12.8 Å². The second-order valence-electron chi connectivity index (χ2n) is 6.16. The molecule has 7 heteroatoms. The summed E-state index contributed by atoms with van der Waals surface area (Å²) in [6, 6.07) is 8.17. The van der Waals surface area contributed by atoms with Gasteiger partial charge in [-0.15, -0.1) is 24.0 Å². The van der Waals surface area contributed by atoms with Gasteiger partial charge in [0.15, 0.2) is 5.96 Å². The van der Waals surface area contributed by atoms with Crippen molar-refractivity contribution in [3.05, 3.63) is 47.8 Å². The lowest BCUT2D eigenvalue weighted by molar-refractivity contribution is 0.296. The highest BCUT2D eigenvalue weighted by Crippen LogP contribution is 2.30. The molecule has 1 fully saturated rings. The van der Waals surface area contributed by atoms with E-state index >= 15 is 0 Å². The molecule has 0 aliphatic heterocycles.